The summed E-state index contributed by atoms with van der Waals surface area (Å²) < 4.78 is 16.8. The van der Waals surface area contributed by atoms with Gasteiger partial charge in [-0.25, -0.2) is 0 Å². The summed E-state index contributed by atoms with van der Waals surface area (Å²) in [5.74, 6) is -0.883. The number of ether oxygens (including phenoxy) is 3. The SMILES string of the molecule is CCCC/C=C\C/C=C\CCCCCCCC(=O)OC(COC(=O)CCCCCCCCC)COC(=O)CCCCCCCCCCCCCCCCC/C=C\CCCCCCCCCC. The second kappa shape index (κ2) is 55.2. The van der Waals surface area contributed by atoms with Crippen LogP contribution < -0.4 is 0 Å². The Morgan fingerprint density at radius 3 is 0.894 bits per heavy atom. The molecule has 0 aliphatic heterocycles. The Bertz CT molecular complexity index is 1110. The molecule has 0 aliphatic rings. The van der Waals surface area contributed by atoms with Crippen LogP contribution in [0.15, 0.2) is 36.5 Å². The molecule has 0 amide bonds. The van der Waals surface area contributed by atoms with E-state index < -0.39 is 6.10 Å². The van der Waals surface area contributed by atoms with Crippen LogP contribution in [0, 0.1) is 0 Å². The molecule has 0 saturated heterocycles. The molecule has 0 N–H and O–H groups in total. The minimum Gasteiger partial charge on any atom is -0.462 e. The number of carbonyl (C=O) groups excluding carboxylic acids is 3. The summed E-state index contributed by atoms with van der Waals surface area (Å²) in [4.78, 5) is 37.9. The molecule has 0 aromatic carbocycles. The maximum absolute atomic E-state index is 12.8. The van der Waals surface area contributed by atoms with Gasteiger partial charge in [-0.15, -0.1) is 0 Å². The summed E-state index contributed by atoms with van der Waals surface area (Å²) in [6.45, 7) is 6.57. The fourth-order valence-electron chi connectivity index (χ4n) is 8.46. The van der Waals surface area contributed by atoms with Gasteiger partial charge in [0.05, 0.1) is 0 Å². The molecule has 0 rings (SSSR count). The molecule has 1 unspecified atom stereocenters. The van der Waals surface area contributed by atoms with E-state index in [0.717, 1.165) is 83.5 Å². The van der Waals surface area contributed by atoms with Gasteiger partial charge in [-0.3, -0.25) is 14.4 Å². The van der Waals surface area contributed by atoms with Crippen molar-refractivity contribution in [2.75, 3.05) is 13.2 Å². The average molecular weight is 928 g/mol. The van der Waals surface area contributed by atoms with Gasteiger partial charge in [-0.2, -0.15) is 0 Å². The molecule has 0 aromatic rings. The maximum Gasteiger partial charge on any atom is 0.306 e. The average Bonchev–Trinajstić information content (AvgIpc) is 3.31. The van der Waals surface area contributed by atoms with E-state index in [2.05, 4.69) is 57.2 Å². The lowest BCUT2D eigenvalue weighted by molar-refractivity contribution is -0.167. The van der Waals surface area contributed by atoms with Crippen LogP contribution in [0.2, 0.25) is 0 Å². The first kappa shape index (κ1) is 63.6. The summed E-state index contributed by atoms with van der Waals surface area (Å²) in [5.41, 5.74) is 0. The quantitative estimate of drug-likeness (QED) is 0.0262. The van der Waals surface area contributed by atoms with Crippen molar-refractivity contribution in [2.45, 2.75) is 316 Å². The zero-order chi connectivity index (χ0) is 47.9. The molecule has 66 heavy (non-hydrogen) atoms. The first-order valence-electron chi connectivity index (χ1n) is 29.0. The molecular formula is C60H110O6. The van der Waals surface area contributed by atoms with Crippen LogP contribution in [0.3, 0.4) is 0 Å². The third kappa shape index (κ3) is 52.6. The molecule has 386 valence electrons. The van der Waals surface area contributed by atoms with Gasteiger partial charge in [0.1, 0.15) is 13.2 Å². The Kier molecular flexibility index (Phi) is 53.2. The Morgan fingerprint density at radius 1 is 0.303 bits per heavy atom. The number of unbranched alkanes of at least 4 members (excludes halogenated alkanes) is 36. The highest BCUT2D eigenvalue weighted by Gasteiger charge is 2.19. The Labute approximate surface area is 410 Å². The van der Waals surface area contributed by atoms with Crippen molar-refractivity contribution in [3.05, 3.63) is 36.5 Å². The molecule has 0 aliphatic carbocycles. The van der Waals surface area contributed by atoms with E-state index in [1.54, 1.807) is 0 Å². The molecule has 0 aromatic heterocycles. The zero-order valence-corrected chi connectivity index (χ0v) is 44.2. The van der Waals surface area contributed by atoms with Crippen molar-refractivity contribution in [3.8, 4) is 0 Å². The number of hydrogen-bond donors (Lipinski definition) is 0. The van der Waals surface area contributed by atoms with Crippen molar-refractivity contribution in [1.29, 1.82) is 0 Å². The van der Waals surface area contributed by atoms with E-state index in [1.165, 1.54) is 186 Å². The summed E-state index contributed by atoms with van der Waals surface area (Å²) >= 11 is 0. The molecule has 0 fully saturated rings. The van der Waals surface area contributed by atoms with Gasteiger partial charge >= 0.3 is 17.9 Å². The second-order valence-corrected chi connectivity index (χ2v) is 19.6. The minimum absolute atomic E-state index is 0.0747. The first-order chi connectivity index (χ1) is 32.5. The van der Waals surface area contributed by atoms with E-state index in [0.29, 0.717) is 19.3 Å². The minimum atomic E-state index is -0.774. The van der Waals surface area contributed by atoms with Gasteiger partial charge < -0.3 is 14.2 Å². The summed E-state index contributed by atoms with van der Waals surface area (Å²) in [6.07, 6.45) is 66.0. The Morgan fingerprint density at radius 2 is 0.561 bits per heavy atom. The maximum atomic E-state index is 12.8. The standard InChI is InChI=1S/C60H110O6/c1-4-7-10-13-16-18-20-22-24-25-26-27-28-29-30-31-32-33-34-35-36-38-39-41-44-47-50-53-59(62)65-56-57(55-64-58(61)52-49-46-43-15-12-9-6-3)66-60(63)54-51-48-45-42-40-37-23-21-19-17-14-11-8-5-2/h14,17,21,23,25-26,57H,4-13,15-16,18-20,22,24,27-56H2,1-3H3/b17-14-,23-21-,26-25-. The largest absolute Gasteiger partial charge is 0.462 e. The van der Waals surface area contributed by atoms with Gasteiger partial charge in [0, 0.05) is 19.3 Å². The number of rotatable bonds is 53. The Hall–Kier alpha value is -2.37. The van der Waals surface area contributed by atoms with Gasteiger partial charge in [-0.05, 0) is 70.6 Å². The first-order valence-corrected chi connectivity index (χ1v) is 29.0. The topological polar surface area (TPSA) is 78.9 Å². The number of esters is 3. The highest BCUT2D eigenvalue weighted by molar-refractivity contribution is 5.71. The van der Waals surface area contributed by atoms with Crippen LogP contribution in [-0.4, -0.2) is 37.2 Å². The van der Waals surface area contributed by atoms with Crippen molar-refractivity contribution < 1.29 is 28.6 Å². The van der Waals surface area contributed by atoms with Crippen LogP contribution in [0.4, 0.5) is 0 Å². The molecule has 1 atom stereocenters. The van der Waals surface area contributed by atoms with Crippen LogP contribution in [0.25, 0.3) is 0 Å². The third-order valence-electron chi connectivity index (χ3n) is 12.9. The normalized spacial score (nSPS) is 12.2. The molecule has 0 saturated carbocycles. The van der Waals surface area contributed by atoms with E-state index in [-0.39, 0.29) is 31.1 Å². The number of hydrogen-bond acceptors (Lipinski definition) is 6. The number of allylic oxidation sites excluding steroid dienone is 6. The van der Waals surface area contributed by atoms with Crippen LogP contribution in [-0.2, 0) is 28.6 Å². The Balaban J connectivity index is 4.06. The zero-order valence-electron chi connectivity index (χ0n) is 44.2. The van der Waals surface area contributed by atoms with Crippen LogP contribution >= 0.6 is 0 Å². The number of carbonyl (C=O) groups is 3. The predicted molar refractivity (Wildman–Crippen MR) is 284 cm³/mol. The molecule has 0 bridgehead atoms. The van der Waals surface area contributed by atoms with Crippen LogP contribution in [0.1, 0.15) is 310 Å². The smallest absolute Gasteiger partial charge is 0.306 e. The summed E-state index contributed by atoms with van der Waals surface area (Å²) in [6, 6.07) is 0. The molecule has 6 nitrogen and oxygen atoms in total. The highest BCUT2D eigenvalue weighted by Crippen LogP contribution is 2.16. The highest BCUT2D eigenvalue weighted by atomic mass is 16.6. The molecule has 0 heterocycles. The van der Waals surface area contributed by atoms with E-state index in [9.17, 15) is 14.4 Å². The van der Waals surface area contributed by atoms with Gasteiger partial charge in [0.25, 0.3) is 0 Å². The van der Waals surface area contributed by atoms with Gasteiger partial charge in [-0.1, -0.05) is 256 Å². The van der Waals surface area contributed by atoms with Crippen molar-refractivity contribution in [3.63, 3.8) is 0 Å². The van der Waals surface area contributed by atoms with E-state index >= 15 is 0 Å². The van der Waals surface area contributed by atoms with E-state index in [1.807, 2.05) is 0 Å². The molecule has 6 heteroatoms. The predicted octanol–water partition coefficient (Wildman–Crippen LogP) is 19.3. The second-order valence-electron chi connectivity index (χ2n) is 19.6. The van der Waals surface area contributed by atoms with Crippen molar-refractivity contribution >= 4 is 17.9 Å². The summed E-state index contributed by atoms with van der Waals surface area (Å²) in [7, 11) is 0. The summed E-state index contributed by atoms with van der Waals surface area (Å²) in [5, 5.41) is 0. The lowest BCUT2D eigenvalue weighted by atomic mass is 10.0. The molecule has 0 radical (unpaired) electrons. The lowest BCUT2D eigenvalue weighted by Crippen LogP contribution is -2.30. The van der Waals surface area contributed by atoms with Crippen LogP contribution in [0.5, 0.6) is 0 Å². The molecular weight excluding hydrogens is 817 g/mol. The lowest BCUT2D eigenvalue weighted by Gasteiger charge is -2.18. The third-order valence-corrected chi connectivity index (χ3v) is 12.9. The van der Waals surface area contributed by atoms with Crippen molar-refractivity contribution in [1.82, 2.24) is 0 Å². The monoisotopic (exact) mass is 927 g/mol. The van der Waals surface area contributed by atoms with Crippen molar-refractivity contribution in [2.24, 2.45) is 0 Å². The van der Waals surface area contributed by atoms with Gasteiger partial charge in [0.15, 0.2) is 6.10 Å². The van der Waals surface area contributed by atoms with E-state index in [4.69, 9.17) is 14.2 Å². The van der Waals surface area contributed by atoms with Gasteiger partial charge in [0.2, 0.25) is 0 Å². The fraction of sp³-hybridized carbons (Fsp3) is 0.850. The fourth-order valence-corrected chi connectivity index (χ4v) is 8.46. The molecule has 0 spiro atoms.